The number of carbonyl (C=O) groups excluding carboxylic acids is 7. The molecule has 2 aliphatic heterocycles. The minimum atomic E-state index is -1.39. The summed E-state index contributed by atoms with van der Waals surface area (Å²) in [6.45, 7) is 12.9. The molecule has 0 aromatic heterocycles. The number of hydrogen-bond donors (Lipinski definition) is 3. The van der Waals surface area contributed by atoms with Gasteiger partial charge in [-0.3, -0.25) is 39.0 Å². The Hall–Kier alpha value is -3.07. The van der Waals surface area contributed by atoms with E-state index in [2.05, 4.69) is 16.0 Å². The summed E-state index contributed by atoms with van der Waals surface area (Å²) in [5.74, 6) is -2.38. The number of piperazine rings is 2. The Balaban J connectivity index is 2.60. The summed E-state index contributed by atoms with van der Waals surface area (Å²) < 4.78 is 0. The van der Waals surface area contributed by atoms with Crippen LogP contribution in [0.25, 0.3) is 0 Å². The van der Waals surface area contributed by atoms with E-state index in [0.717, 1.165) is 0 Å². The molecule has 14 heteroatoms. The molecule has 0 bridgehead atoms. The van der Waals surface area contributed by atoms with Gasteiger partial charge >= 0.3 is 0 Å². The van der Waals surface area contributed by atoms with Crippen molar-refractivity contribution >= 4 is 41.4 Å². The third-order valence-corrected chi connectivity index (χ3v) is 9.30. The first kappa shape index (κ1) is 40.1. The van der Waals surface area contributed by atoms with Gasteiger partial charge in [-0.25, -0.2) is 0 Å². The number of rotatable bonds is 18. The van der Waals surface area contributed by atoms with Crippen LogP contribution in [-0.2, 0) is 33.6 Å². The molecular weight excluding hydrogens is 606 g/mol. The lowest BCUT2D eigenvalue weighted by atomic mass is 9.93. The second-order valence-corrected chi connectivity index (χ2v) is 13.8. The highest BCUT2D eigenvalue weighted by Crippen LogP contribution is 2.23. The van der Waals surface area contributed by atoms with Crippen LogP contribution in [0.2, 0.25) is 0 Å². The van der Waals surface area contributed by atoms with Crippen molar-refractivity contribution in [3.05, 3.63) is 0 Å². The van der Waals surface area contributed by atoms with Crippen molar-refractivity contribution < 1.29 is 33.6 Å². The van der Waals surface area contributed by atoms with Crippen LogP contribution in [0.1, 0.15) is 67.7 Å². The molecule has 0 aromatic carbocycles. The van der Waals surface area contributed by atoms with Crippen LogP contribution in [-0.4, -0.2) is 151 Å². The third-order valence-electron chi connectivity index (χ3n) is 9.30. The van der Waals surface area contributed by atoms with E-state index < -0.39 is 60.1 Å². The second kappa shape index (κ2) is 17.9. The Kier molecular flexibility index (Phi) is 15.3. The van der Waals surface area contributed by atoms with Crippen molar-refractivity contribution in [3.63, 3.8) is 0 Å². The van der Waals surface area contributed by atoms with Crippen LogP contribution in [0.3, 0.4) is 0 Å². The number of likely N-dealkylation sites (N-methyl/N-ethyl adjacent to an activating group) is 3. The van der Waals surface area contributed by atoms with Gasteiger partial charge in [0.25, 0.3) is 5.91 Å². The van der Waals surface area contributed by atoms with Crippen molar-refractivity contribution in [1.82, 2.24) is 35.6 Å². The van der Waals surface area contributed by atoms with Crippen molar-refractivity contribution in [2.24, 2.45) is 11.8 Å². The zero-order valence-corrected chi connectivity index (χ0v) is 29.9. The van der Waals surface area contributed by atoms with Crippen LogP contribution < -0.4 is 16.0 Å². The Morgan fingerprint density at radius 1 is 0.851 bits per heavy atom. The third kappa shape index (κ3) is 9.97. The lowest BCUT2D eigenvalue weighted by molar-refractivity contribution is -0.164. The normalized spacial score (nSPS) is 22.7. The van der Waals surface area contributed by atoms with E-state index in [1.807, 2.05) is 27.7 Å². The molecule has 14 nitrogen and oxygen atoms in total. The average Bonchev–Trinajstić information content (AvgIpc) is 3.01. The summed E-state index contributed by atoms with van der Waals surface area (Å²) in [6, 6.07) is -5.15. The molecular formula is C33H57N7O7. The summed E-state index contributed by atoms with van der Waals surface area (Å²) in [5, 5.41) is 8.98. The topological polar surface area (TPSA) is 169 Å². The van der Waals surface area contributed by atoms with Gasteiger partial charge in [0.05, 0.1) is 24.2 Å². The summed E-state index contributed by atoms with van der Waals surface area (Å²) in [5.41, 5.74) is 0. The Morgan fingerprint density at radius 2 is 1.45 bits per heavy atom. The highest BCUT2D eigenvalue weighted by atomic mass is 16.2. The number of nitrogens with zero attached hydrogens (tertiary/aromatic N) is 4. The molecule has 2 aliphatic rings. The van der Waals surface area contributed by atoms with Gasteiger partial charge in [-0.15, -0.1) is 0 Å². The van der Waals surface area contributed by atoms with Crippen molar-refractivity contribution in [2.45, 2.75) is 110 Å². The summed E-state index contributed by atoms with van der Waals surface area (Å²) in [4.78, 5) is 99.8. The Labute approximate surface area is 279 Å². The standard InChI is InChI=1S/C33H57N7O7/c1-19(2)15-24(18-41)36-30(40-12-11-37(10)28(32(40)46)29(44)25(35-9)16-20(3)4)33(47)39-14-13-38(22(6)23(7)42)31(45)26(39)17-27(43)21(5)34-8/h18-22,24-26,28,30,34-36H,11-17H2,1-10H3/t21-,22-,24-,25-,26?,28-,30?/m0/s1. The monoisotopic (exact) mass is 663 g/mol. The van der Waals surface area contributed by atoms with Gasteiger partial charge in [0, 0.05) is 32.6 Å². The Morgan fingerprint density at radius 3 is 1.96 bits per heavy atom. The number of carbonyl (C=O) groups is 7. The highest BCUT2D eigenvalue weighted by molar-refractivity contribution is 6.09. The first-order valence-corrected chi connectivity index (χ1v) is 16.7. The number of hydrogen-bond acceptors (Lipinski definition) is 11. The smallest absolute Gasteiger partial charge is 0.261 e. The first-order chi connectivity index (χ1) is 22.0. The van der Waals surface area contributed by atoms with Crippen LogP contribution in [0.15, 0.2) is 0 Å². The minimum absolute atomic E-state index is 0.00268. The fourth-order valence-electron chi connectivity index (χ4n) is 6.21. The Bertz CT molecular complexity index is 1160. The molecule has 2 rings (SSSR count). The van der Waals surface area contributed by atoms with Crippen LogP contribution in [0.5, 0.6) is 0 Å². The maximum absolute atomic E-state index is 14.6. The van der Waals surface area contributed by atoms with E-state index in [1.54, 1.807) is 39.9 Å². The van der Waals surface area contributed by atoms with Crippen molar-refractivity contribution in [1.29, 1.82) is 0 Å². The summed E-state index contributed by atoms with van der Waals surface area (Å²) in [7, 11) is 4.98. The molecule has 0 radical (unpaired) electrons. The fourth-order valence-corrected chi connectivity index (χ4v) is 6.21. The zero-order valence-electron chi connectivity index (χ0n) is 29.9. The van der Waals surface area contributed by atoms with Crippen molar-refractivity contribution in [3.8, 4) is 0 Å². The zero-order chi connectivity index (χ0) is 35.7. The van der Waals surface area contributed by atoms with Crippen LogP contribution in [0, 0.1) is 11.8 Å². The number of ketones is 3. The van der Waals surface area contributed by atoms with Crippen LogP contribution >= 0.6 is 0 Å². The van der Waals surface area contributed by atoms with E-state index in [1.165, 1.54) is 21.6 Å². The van der Waals surface area contributed by atoms with Crippen LogP contribution in [0.4, 0.5) is 0 Å². The lowest BCUT2D eigenvalue weighted by Crippen LogP contribution is -2.71. The molecule has 266 valence electrons. The SMILES string of the molecule is CN[C@@H](C)C(=O)CC1C(=O)N([C@@H](C)C(C)=O)CCN1C(=O)C(N[C@H](C=O)CC(C)C)N1CCN(C)[C@@H](C(=O)[C@H](CC(C)C)NC)C1=O. The lowest BCUT2D eigenvalue weighted by Gasteiger charge is -2.47. The van der Waals surface area contributed by atoms with Gasteiger partial charge in [-0.2, -0.15) is 0 Å². The maximum Gasteiger partial charge on any atom is 0.261 e. The van der Waals surface area contributed by atoms with Gasteiger partial charge in [-0.05, 0) is 66.6 Å². The molecule has 2 fully saturated rings. The molecule has 2 heterocycles. The molecule has 7 atom stereocenters. The molecule has 0 spiro atoms. The molecule has 3 amide bonds. The predicted octanol–water partition coefficient (Wildman–Crippen LogP) is -0.554. The van der Waals surface area contributed by atoms with Gasteiger partial charge in [0.2, 0.25) is 11.8 Å². The van der Waals surface area contributed by atoms with E-state index >= 15 is 0 Å². The average molecular weight is 664 g/mol. The summed E-state index contributed by atoms with van der Waals surface area (Å²) in [6.07, 6.45) is -0.113. The molecule has 0 aromatic rings. The van der Waals surface area contributed by atoms with Crippen molar-refractivity contribution in [2.75, 3.05) is 47.3 Å². The van der Waals surface area contributed by atoms with E-state index in [4.69, 9.17) is 0 Å². The largest absolute Gasteiger partial charge is 0.329 e. The molecule has 2 saturated heterocycles. The number of aldehydes is 1. The van der Waals surface area contributed by atoms with E-state index in [-0.39, 0.29) is 61.8 Å². The van der Waals surface area contributed by atoms with Gasteiger partial charge < -0.3 is 30.1 Å². The van der Waals surface area contributed by atoms with Gasteiger partial charge in [0.15, 0.2) is 29.6 Å². The minimum Gasteiger partial charge on any atom is -0.329 e. The fraction of sp³-hybridized carbons (Fsp3) is 0.788. The number of Topliss-reactive ketones (excluding diaryl/α,β-unsaturated/α-hetero) is 3. The maximum atomic E-state index is 14.6. The number of nitrogens with one attached hydrogen (secondary N) is 3. The van der Waals surface area contributed by atoms with E-state index in [9.17, 15) is 33.6 Å². The predicted molar refractivity (Wildman–Crippen MR) is 177 cm³/mol. The number of amides is 3. The molecule has 0 aliphatic carbocycles. The second-order valence-electron chi connectivity index (χ2n) is 13.8. The summed E-state index contributed by atoms with van der Waals surface area (Å²) >= 11 is 0. The molecule has 0 saturated carbocycles. The molecule has 3 N–H and O–H groups in total. The molecule has 47 heavy (non-hydrogen) atoms. The first-order valence-electron chi connectivity index (χ1n) is 16.7. The molecule has 2 unspecified atom stereocenters. The quantitative estimate of drug-likeness (QED) is 0.127. The van der Waals surface area contributed by atoms with E-state index in [0.29, 0.717) is 19.1 Å². The van der Waals surface area contributed by atoms with Gasteiger partial charge in [0.1, 0.15) is 12.3 Å². The highest BCUT2D eigenvalue weighted by Gasteiger charge is 2.48. The van der Waals surface area contributed by atoms with Gasteiger partial charge in [-0.1, -0.05) is 27.7 Å².